The fourth-order valence-corrected chi connectivity index (χ4v) is 3.14. The van der Waals surface area contributed by atoms with Gasteiger partial charge in [0.25, 0.3) is 0 Å². The second-order valence-corrected chi connectivity index (χ2v) is 5.92. The molecule has 0 fully saturated rings. The van der Waals surface area contributed by atoms with Crippen LogP contribution in [-0.2, 0) is 6.42 Å². The first-order valence-corrected chi connectivity index (χ1v) is 7.50. The lowest BCUT2D eigenvalue weighted by atomic mass is 9.93. The van der Waals surface area contributed by atoms with Crippen LogP contribution in [0.1, 0.15) is 24.1 Å². The Balaban J connectivity index is 0.00000156. The molecular formula is C16H15ClN4O2. The molecule has 1 atom stereocenters. The number of H-pyrrole nitrogens is 1. The maximum Gasteiger partial charge on any atom is 0.402 e. The summed E-state index contributed by atoms with van der Waals surface area (Å²) in [6, 6.07) is 11.6. The maximum atomic E-state index is 12.8. The maximum absolute atomic E-state index is 12.8. The Morgan fingerprint density at radius 2 is 2.09 bits per heavy atom. The smallest absolute Gasteiger partial charge is 0.402 e. The van der Waals surface area contributed by atoms with Crippen molar-refractivity contribution in [3.8, 4) is 11.4 Å². The summed E-state index contributed by atoms with van der Waals surface area (Å²) in [7, 11) is 0. The summed E-state index contributed by atoms with van der Waals surface area (Å²) >= 11 is 5.82. The standard InChI is InChI=1S/C16H13ClN4O.H2O/c1-10-8-11-4-2-3-5-13(11)21-15(10)16(22)20(19-21)12-6-7-14(17)18-9-12;/h2-7,9-10H,8H2,1H3;1H2. The number of pyridine rings is 1. The molecule has 2 aromatic heterocycles. The van der Waals surface area contributed by atoms with E-state index in [0.717, 1.165) is 17.8 Å². The third-order valence-electron chi connectivity index (χ3n) is 4.06. The number of nitrogens with zero attached hydrogens (tertiary/aromatic N) is 3. The van der Waals surface area contributed by atoms with Gasteiger partial charge in [-0.25, -0.2) is 9.78 Å². The Morgan fingerprint density at radius 3 is 2.83 bits per heavy atom. The molecule has 1 aliphatic rings. The SMILES string of the molecule is CC1Cc2ccccc2-[n+]2[nH]n(-c3ccc(Cl)nc3)c(=O)c21.[OH-]. The predicted octanol–water partition coefficient (Wildman–Crippen LogP) is 1.97. The van der Waals surface area contributed by atoms with Crippen molar-refractivity contribution in [2.45, 2.75) is 19.3 Å². The van der Waals surface area contributed by atoms with Gasteiger partial charge in [-0.3, -0.25) is 0 Å². The molecule has 0 radical (unpaired) electrons. The Morgan fingerprint density at radius 1 is 1.30 bits per heavy atom. The van der Waals surface area contributed by atoms with Crippen LogP contribution in [0.2, 0.25) is 5.15 Å². The van der Waals surface area contributed by atoms with E-state index >= 15 is 0 Å². The monoisotopic (exact) mass is 330 g/mol. The number of para-hydroxylation sites is 1. The molecule has 23 heavy (non-hydrogen) atoms. The highest BCUT2D eigenvalue weighted by atomic mass is 35.5. The molecule has 0 bridgehead atoms. The van der Waals surface area contributed by atoms with Crippen LogP contribution in [-0.4, -0.2) is 20.4 Å². The number of nitrogens with one attached hydrogen (secondary N) is 1. The van der Waals surface area contributed by atoms with Crippen LogP contribution < -0.4 is 10.2 Å². The number of fused-ring (bicyclic) bond motifs is 3. The number of aromatic nitrogens is 4. The van der Waals surface area contributed by atoms with Gasteiger partial charge in [-0.2, -0.15) is 0 Å². The zero-order valence-electron chi connectivity index (χ0n) is 12.4. The molecule has 0 aliphatic carbocycles. The Bertz CT molecular complexity index is 915. The molecule has 4 rings (SSSR count). The number of hydrogen-bond donors (Lipinski definition) is 1. The van der Waals surface area contributed by atoms with E-state index in [4.69, 9.17) is 11.6 Å². The third-order valence-corrected chi connectivity index (χ3v) is 4.28. The van der Waals surface area contributed by atoms with Gasteiger partial charge in [0.1, 0.15) is 5.15 Å². The minimum Gasteiger partial charge on any atom is -0.870 e. The molecule has 1 aliphatic heterocycles. The van der Waals surface area contributed by atoms with Gasteiger partial charge in [0.2, 0.25) is 5.69 Å². The van der Waals surface area contributed by atoms with Gasteiger partial charge in [0.15, 0.2) is 11.4 Å². The van der Waals surface area contributed by atoms with Gasteiger partial charge in [-0.1, -0.05) is 46.6 Å². The predicted molar refractivity (Wildman–Crippen MR) is 84.8 cm³/mol. The lowest BCUT2D eigenvalue weighted by Gasteiger charge is -2.16. The Kier molecular flexibility index (Phi) is 3.79. The van der Waals surface area contributed by atoms with Crippen molar-refractivity contribution in [3.63, 3.8) is 0 Å². The quantitative estimate of drug-likeness (QED) is 0.547. The number of benzene rings is 1. The average molecular weight is 331 g/mol. The van der Waals surface area contributed by atoms with Crippen molar-refractivity contribution in [2.24, 2.45) is 0 Å². The van der Waals surface area contributed by atoms with Crippen molar-refractivity contribution in [1.29, 1.82) is 0 Å². The minimum atomic E-state index is -0.0499. The van der Waals surface area contributed by atoms with Crippen molar-refractivity contribution in [3.05, 3.63) is 69.4 Å². The first kappa shape index (κ1) is 15.5. The summed E-state index contributed by atoms with van der Waals surface area (Å²) < 4.78 is 3.39. The summed E-state index contributed by atoms with van der Waals surface area (Å²) in [5, 5.41) is 3.56. The molecule has 6 nitrogen and oxygen atoms in total. The molecule has 0 spiro atoms. The summed E-state index contributed by atoms with van der Waals surface area (Å²) in [5.41, 5.74) is 3.63. The second-order valence-electron chi connectivity index (χ2n) is 5.53. The molecule has 0 amide bonds. The Hall–Kier alpha value is -2.44. The molecular weight excluding hydrogens is 316 g/mol. The zero-order valence-corrected chi connectivity index (χ0v) is 13.2. The first-order valence-electron chi connectivity index (χ1n) is 7.12. The van der Waals surface area contributed by atoms with E-state index in [0.29, 0.717) is 10.8 Å². The molecule has 1 unspecified atom stereocenters. The zero-order chi connectivity index (χ0) is 15.3. The van der Waals surface area contributed by atoms with Gasteiger partial charge < -0.3 is 5.48 Å². The summed E-state index contributed by atoms with van der Waals surface area (Å²) in [4.78, 5) is 16.8. The fourth-order valence-electron chi connectivity index (χ4n) is 3.03. The van der Waals surface area contributed by atoms with E-state index in [9.17, 15) is 4.79 Å². The summed E-state index contributed by atoms with van der Waals surface area (Å²) in [6.07, 6.45) is 2.45. The van der Waals surface area contributed by atoms with Crippen LogP contribution in [0.25, 0.3) is 11.4 Å². The minimum absolute atomic E-state index is 0. The topological polar surface area (TPSA) is 84.6 Å². The summed E-state index contributed by atoms with van der Waals surface area (Å²) in [6.45, 7) is 2.07. The normalized spacial score (nSPS) is 15.5. The van der Waals surface area contributed by atoms with Gasteiger partial charge in [0.05, 0.1) is 6.20 Å². The van der Waals surface area contributed by atoms with Crippen molar-refractivity contribution < 1.29 is 10.2 Å². The van der Waals surface area contributed by atoms with E-state index in [-0.39, 0.29) is 17.0 Å². The van der Waals surface area contributed by atoms with Crippen LogP contribution >= 0.6 is 11.6 Å². The highest BCUT2D eigenvalue weighted by Crippen LogP contribution is 2.24. The number of rotatable bonds is 1. The second kappa shape index (κ2) is 5.64. The summed E-state index contributed by atoms with van der Waals surface area (Å²) in [5.74, 6) is 0.153. The van der Waals surface area contributed by atoms with E-state index in [1.807, 2.05) is 22.9 Å². The van der Waals surface area contributed by atoms with Crippen molar-refractivity contribution in [1.82, 2.24) is 14.9 Å². The molecule has 0 saturated carbocycles. The first-order chi connectivity index (χ1) is 10.6. The van der Waals surface area contributed by atoms with Gasteiger partial charge in [-0.15, -0.1) is 4.68 Å². The molecule has 3 aromatic rings. The van der Waals surface area contributed by atoms with E-state index in [2.05, 4.69) is 23.2 Å². The molecule has 7 heteroatoms. The van der Waals surface area contributed by atoms with Gasteiger partial charge in [0, 0.05) is 11.5 Å². The highest BCUT2D eigenvalue weighted by molar-refractivity contribution is 6.29. The van der Waals surface area contributed by atoms with E-state index in [1.165, 1.54) is 10.2 Å². The molecule has 2 N–H and O–H groups in total. The highest BCUT2D eigenvalue weighted by Gasteiger charge is 2.34. The fraction of sp³-hybridized carbons (Fsp3) is 0.188. The molecule has 0 saturated heterocycles. The lowest BCUT2D eigenvalue weighted by Crippen LogP contribution is -2.44. The largest absolute Gasteiger partial charge is 0.870 e. The van der Waals surface area contributed by atoms with E-state index < -0.39 is 0 Å². The number of aromatic amines is 1. The number of halogens is 1. The van der Waals surface area contributed by atoms with Gasteiger partial charge in [-0.05, 0) is 24.6 Å². The third kappa shape index (κ3) is 2.36. The molecule has 118 valence electrons. The molecule has 3 heterocycles. The van der Waals surface area contributed by atoms with Gasteiger partial charge >= 0.3 is 5.56 Å². The average Bonchev–Trinajstić information content (AvgIpc) is 2.87. The van der Waals surface area contributed by atoms with Crippen LogP contribution in [0.5, 0.6) is 0 Å². The van der Waals surface area contributed by atoms with Crippen molar-refractivity contribution >= 4 is 11.6 Å². The van der Waals surface area contributed by atoms with Crippen LogP contribution in [0.4, 0.5) is 0 Å². The van der Waals surface area contributed by atoms with E-state index in [1.54, 1.807) is 18.3 Å². The lowest BCUT2D eigenvalue weighted by molar-refractivity contribution is -0.672. The number of hydrogen-bond acceptors (Lipinski definition) is 3. The Labute approximate surface area is 137 Å². The van der Waals surface area contributed by atoms with Crippen LogP contribution in [0, 0.1) is 0 Å². The van der Waals surface area contributed by atoms with Crippen LogP contribution in [0.3, 0.4) is 0 Å². The molecule has 1 aromatic carbocycles. The van der Waals surface area contributed by atoms with Crippen LogP contribution in [0.15, 0.2) is 47.4 Å². The van der Waals surface area contributed by atoms with Crippen molar-refractivity contribution in [2.75, 3.05) is 0 Å².